The molecule has 122 valence electrons. The van der Waals surface area contributed by atoms with Gasteiger partial charge in [0.25, 0.3) is 0 Å². The molecule has 6 nitrogen and oxygen atoms in total. The van der Waals surface area contributed by atoms with E-state index in [0.717, 1.165) is 31.1 Å². The largest absolute Gasteiger partial charge is 0.497 e. The van der Waals surface area contributed by atoms with E-state index in [1.807, 2.05) is 24.3 Å². The molecule has 0 saturated carbocycles. The highest BCUT2D eigenvalue weighted by Gasteiger charge is 2.21. The summed E-state index contributed by atoms with van der Waals surface area (Å²) >= 11 is 0. The second-order valence-corrected chi connectivity index (χ2v) is 5.89. The third-order valence-corrected chi connectivity index (χ3v) is 4.06. The molecule has 1 aromatic carbocycles. The third kappa shape index (κ3) is 3.47. The molecule has 1 atom stereocenters. The van der Waals surface area contributed by atoms with Gasteiger partial charge in [0, 0.05) is 13.1 Å². The van der Waals surface area contributed by atoms with Crippen molar-refractivity contribution in [2.24, 2.45) is 5.92 Å². The molecule has 1 fully saturated rings. The van der Waals surface area contributed by atoms with Gasteiger partial charge in [-0.1, -0.05) is 6.92 Å². The predicted molar refractivity (Wildman–Crippen MR) is 90.1 cm³/mol. The Morgan fingerprint density at radius 1 is 1.17 bits per heavy atom. The van der Waals surface area contributed by atoms with E-state index in [-0.39, 0.29) is 0 Å². The van der Waals surface area contributed by atoms with Crippen LogP contribution in [-0.4, -0.2) is 30.2 Å². The van der Waals surface area contributed by atoms with Crippen molar-refractivity contribution >= 4 is 11.5 Å². The van der Waals surface area contributed by atoms with E-state index >= 15 is 0 Å². The summed E-state index contributed by atoms with van der Waals surface area (Å²) in [5, 5.41) is 0. The molecule has 23 heavy (non-hydrogen) atoms. The minimum atomic E-state index is 0.387. The summed E-state index contributed by atoms with van der Waals surface area (Å²) in [6.07, 6.45) is 3.90. The van der Waals surface area contributed by atoms with Crippen molar-refractivity contribution in [3.63, 3.8) is 0 Å². The highest BCUT2D eigenvalue weighted by atomic mass is 16.5. The normalized spacial score (nSPS) is 17.8. The molecule has 1 aliphatic heterocycles. The molecule has 1 aromatic heterocycles. The SMILES string of the molecule is COc1ccc(Oc2ncnc(N3CCCC(C)C3)c2N)cc1. The van der Waals surface area contributed by atoms with Crippen molar-refractivity contribution in [3.8, 4) is 17.4 Å². The molecule has 0 aliphatic carbocycles. The van der Waals surface area contributed by atoms with E-state index in [0.29, 0.717) is 23.2 Å². The maximum absolute atomic E-state index is 6.25. The molecule has 0 bridgehead atoms. The van der Waals surface area contributed by atoms with Gasteiger partial charge in [0.1, 0.15) is 23.5 Å². The van der Waals surface area contributed by atoms with Crippen LogP contribution in [0.15, 0.2) is 30.6 Å². The monoisotopic (exact) mass is 314 g/mol. The Balaban J connectivity index is 1.81. The van der Waals surface area contributed by atoms with Gasteiger partial charge in [0.2, 0.25) is 5.88 Å². The first-order chi connectivity index (χ1) is 11.2. The summed E-state index contributed by atoms with van der Waals surface area (Å²) in [4.78, 5) is 10.7. The van der Waals surface area contributed by atoms with Crippen molar-refractivity contribution in [1.82, 2.24) is 9.97 Å². The zero-order chi connectivity index (χ0) is 16.2. The zero-order valence-corrected chi connectivity index (χ0v) is 13.5. The second kappa shape index (κ2) is 6.73. The summed E-state index contributed by atoms with van der Waals surface area (Å²) in [5.74, 6) is 3.22. The first kappa shape index (κ1) is 15.4. The Hall–Kier alpha value is -2.50. The fourth-order valence-electron chi connectivity index (χ4n) is 2.84. The van der Waals surface area contributed by atoms with Crippen molar-refractivity contribution < 1.29 is 9.47 Å². The van der Waals surface area contributed by atoms with Gasteiger partial charge in [-0.05, 0) is 43.0 Å². The van der Waals surface area contributed by atoms with Gasteiger partial charge in [0.05, 0.1) is 7.11 Å². The number of nitrogens with two attached hydrogens (primary N) is 1. The second-order valence-electron chi connectivity index (χ2n) is 5.89. The zero-order valence-electron chi connectivity index (χ0n) is 13.5. The predicted octanol–water partition coefficient (Wildman–Crippen LogP) is 3.10. The number of piperidine rings is 1. The lowest BCUT2D eigenvalue weighted by molar-refractivity contribution is 0.412. The Morgan fingerprint density at radius 2 is 1.91 bits per heavy atom. The number of aromatic nitrogens is 2. The van der Waals surface area contributed by atoms with Crippen molar-refractivity contribution in [1.29, 1.82) is 0 Å². The average molecular weight is 314 g/mol. The van der Waals surface area contributed by atoms with Gasteiger partial charge in [-0.3, -0.25) is 0 Å². The molecular formula is C17H22N4O2. The number of anilines is 2. The lowest BCUT2D eigenvalue weighted by Gasteiger charge is -2.32. The van der Waals surface area contributed by atoms with Crippen LogP contribution in [0, 0.1) is 5.92 Å². The van der Waals surface area contributed by atoms with Gasteiger partial charge in [-0.2, -0.15) is 4.98 Å². The lowest BCUT2D eigenvalue weighted by atomic mass is 10.0. The summed E-state index contributed by atoms with van der Waals surface area (Å²) in [6, 6.07) is 7.31. The van der Waals surface area contributed by atoms with Crippen LogP contribution in [0.1, 0.15) is 19.8 Å². The maximum atomic E-state index is 6.25. The van der Waals surface area contributed by atoms with E-state index < -0.39 is 0 Å². The van der Waals surface area contributed by atoms with Crippen LogP contribution in [0.2, 0.25) is 0 Å². The van der Waals surface area contributed by atoms with E-state index in [1.54, 1.807) is 7.11 Å². The highest BCUT2D eigenvalue weighted by molar-refractivity contribution is 5.68. The van der Waals surface area contributed by atoms with Crippen LogP contribution in [0.5, 0.6) is 17.4 Å². The molecule has 1 aliphatic rings. The Labute approximate surface area is 136 Å². The maximum Gasteiger partial charge on any atom is 0.248 e. The van der Waals surface area contributed by atoms with Crippen molar-refractivity contribution in [2.45, 2.75) is 19.8 Å². The van der Waals surface area contributed by atoms with E-state index in [9.17, 15) is 0 Å². The Kier molecular flexibility index (Phi) is 4.50. The van der Waals surface area contributed by atoms with Gasteiger partial charge in [-0.25, -0.2) is 4.98 Å². The number of hydrogen-bond acceptors (Lipinski definition) is 6. The van der Waals surface area contributed by atoms with Crippen LogP contribution >= 0.6 is 0 Å². The van der Waals surface area contributed by atoms with Crippen LogP contribution < -0.4 is 20.1 Å². The van der Waals surface area contributed by atoms with Crippen LogP contribution in [0.3, 0.4) is 0 Å². The standard InChI is InChI=1S/C17H22N4O2/c1-12-4-3-9-21(10-12)16-15(18)17(20-11-19-16)23-14-7-5-13(22-2)6-8-14/h5-8,11-12H,3-4,9-10,18H2,1-2H3. The summed E-state index contributed by atoms with van der Waals surface area (Å²) in [6.45, 7) is 4.18. The number of rotatable bonds is 4. The highest BCUT2D eigenvalue weighted by Crippen LogP contribution is 2.33. The fraction of sp³-hybridized carbons (Fsp3) is 0.412. The first-order valence-electron chi connectivity index (χ1n) is 7.84. The fourth-order valence-corrected chi connectivity index (χ4v) is 2.84. The average Bonchev–Trinajstić information content (AvgIpc) is 2.57. The van der Waals surface area contributed by atoms with Gasteiger partial charge >= 0.3 is 0 Å². The number of ether oxygens (including phenoxy) is 2. The van der Waals surface area contributed by atoms with Crippen molar-refractivity contribution in [2.75, 3.05) is 30.8 Å². The van der Waals surface area contributed by atoms with Crippen molar-refractivity contribution in [3.05, 3.63) is 30.6 Å². The number of nitrogen functional groups attached to an aromatic ring is 1. The van der Waals surface area contributed by atoms with Gasteiger partial charge in [-0.15, -0.1) is 0 Å². The summed E-state index contributed by atoms with van der Waals surface area (Å²) in [7, 11) is 1.63. The van der Waals surface area contributed by atoms with Crippen LogP contribution in [-0.2, 0) is 0 Å². The molecular weight excluding hydrogens is 292 g/mol. The molecule has 2 aromatic rings. The molecule has 3 rings (SSSR count). The summed E-state index contributed by atoms with van der Waals surface area (Å²) in [5.41, 5.74) is 6.73. The lowest BCUT2D eigenvalue weighted by Crippen LogP contribution is -2.35. The molecule has 1 saturated heterocycles. The van der Waals surface area contributed by atoms with Gasteiger partial charge in [0.15, 0.2) is 5.82 Å². The molecule has 0 spiro atoms. The summed E-state index contributed by atoms with van der Waals surface area (Å²) < 4.78 is 10.9. The number of methoxy groups -OCH3 is 1. The molecule has 0 radical (unpaired) electrons. The topological polar surface area (TPSA) is 73.5 Å². The quantitative estimate of drug-likeness (QED) is 0.935. The Bertz CT molecular complexity index is 660. The number of nitrogens with zero attached hydrogens (tertiary/aromatic N) is 3. The minimum absolute atomic E-state index is 0.387. The molecule has 2 heterocycles. The Morgan fingerprint density at radius 3 is 2.61 bits per heavy atom. The first-order valence-corrected chi connectivity index (χ1v) is 7.84. The number of benzene rings is 1. The van der Waals surface area contributed by atoms with Crippen LogP contribution in [0.25, 0.3) is 0 Å². The van der Waals surface area contributed by atoms with Crippen LogP contribution in [0.4, 0.5) is 11.5 Å². The van der Waals surface area contributed by atoms with Gasteiger partial charge < -0.3 is 20.1 Å². The molecule has 1 unspecified atom stereocenters. The molecule has 6 heteroatoms. The molecule has 2 N–H and O–H groups in total. The smallest absolute Gasteiger partial charge is 0.248 e. The van der Waals surface area contributed by atoms with E-state index in [2.05, 4.69) is 21.8 Å². The van der Waals surface area contributed by atoms with E-state index in [4.69, 9.17) is 15.2 Å². The minimum Gasteiger partial charge on any atom is -0.497 e. The van der Waals surface area contributed by atoms with E-state index in [1.165, 1.54) is 12.7 Å². The third-order valence-electron chi connectivity index (χ3n) is 4.06. The number of hydrogen-bond donors (Lipinski definition) is 1. The molecule has 0 amide bonds.